The highest BCUT2D eigenvalue weighted by atomic mass is 16.4. The van der Waals surface area contributed by atoms with E-state index in [0.717, 1.165) is 16.5 Å². The first-order valence-corrected chi connectivity index (χ1v) is 11.4. The van der Waals surface area contributed by atoms with Gasteiger partial charge in [-0.2, -0.15) is 0 Å². The summed E-state index contributed by atoms with van der Waals surface area (Å²) in [6, 6.07) is 2.93. The van der Waals surface area contributed by atoms with Crippen molar-refractivity contribution in [3.8, 4) is 0 Å². The van der Waals surface area contributed by atoms with Gasteiger partial charge in [0.2, 0.25) is 17.7 Å². The first kappa shape index (κ1) is 27.8. The van der Waals surface area contributed by atoms with E-state index in [1.807, 2.05) is 24.3 Å². The van der Waals surface area contributed by atoms with Gasteiger partial charge in [-0.15, -0.1) is 0 Å². The van der Waals surface area contributed by atoms with Crippen molar-refractivity contribution in [1.29, 1.82) is 0 Å². The molecule has 1 aromatic heterocycles. The molecule has 1 heterocycles. The molecule has 4 atom stereocenters. The molecule has 192 valence electrons. The third-order valence-corrected chi connectivity index (χ3v) is 5.58. The fourth-order valence-corrected chi connectivity index (χ4v) is 3.52. The summed E-state index contributed by atoms with van der Waals surface area (Å²) in [4.78, 5) is 52.5. The third-order valence-electron chi connectivity index (χ3n) is 5.58. The Labute approximate surface area is 202 Å². The van der Waals surface area contributed by atoms with Crippen molar-refractivity contribution >= 4 is 34.6 Å². The molecule has 0 bridgehead atoms. The molecule has 10 N–H and O–H groups in total. The van der Waals surface area contributed by atoms with Crippen LogP contribution in [0.15, 0.2) is 30.5 Å². The summed E-state index contributed by atoms with van der Waals surface area (Å²) in [5, 5.41) is 27.0. The number of carboxylic acid groups (broad SMARTS) is 1. The van der Waals surface area contributed by atoms with Crippen molar-refractivity contribution in [2.24, 2.45) is 11.5 Å². The Bertz CT molecular complexity index is 1020. The minimum Gasteiger partial charge on any atom is -0.480 e. The number of nitrogens with one attached hydrogen (secondary N) is 4. The van der Waals surface area contributed by atoms with E-state index in [9.17, 15) is 24.3 Å². The molecule has 0 aliphatic carbocycles. The van der Waals surface area contributed by atoms with Crippen LogP contribution in [0.2, 0.25) is 0 Å². The number of aliphatic hydroxyl groups excluding tert-OH is 1. The lowest BCUT2D eigenvalue weighted by Crippen LogP contribution is -2.56. The van der Waals surface area contributed by atoms with E-state index in [1.54, 1.807) is 6.20 Å². The van der Waals surface area contributed by atoms with Gasteiger partial charge in [0.25, 0.3) is 0 Å². The summed E-state index contributed by atoms with van der Waals surface area (Å²) in [7, 11) is 0. The molecule has 12 heteroatoms. The van der Waals surface area contributed by atoms with Gasteiger partial charge in [-0.3, -0.25) is 14.4 Å². The number of unbranched alkanes of at least 4 members (excludes halogenated alkanes) is 1. The van der Waals surface area contributed by atoms with E-state index in [1.165, 1.54) is 6.92 Å². The molecule has 0 radical (unpaired) electrons. The highest BCUT2D eigenvalue weighted by Gasteiger charge is 2.29. The number of aliphatic carboxylic acids is 1. The predicted molar refractivity (Wildman–Crippen MR) is 129 cm³/mol. The third kappa shape index (κ3) is 8.05. The zero-order valence-electron chi connectivity index (χ0n) is 19.6. The molecule has 0 fully saturated rings. The first-order chi connectivity index (χ1) is 16.7. The van der Waals surface area contributed by atoms with Crippen molar-refractivity contribution in [3.63, 3.8) is 0 Å². The number of amides is 3. The molecule has 2 aromatic rings. The molecule has 0 saturated carbocycles. The number of nitrogens with two attached hydrogens (primary N) is 2. The van der Waals surface area contributed by atoms with Crippen molar-refractivity contribution in [2.75, 3.05) is 13.2 Å². The van der Waals surface area contributed by atoms with Crippen molar-refractivity contribution < 1.29 is 29.4 Å². The van der Waals surface area contributed by atoms with Crippen LogP contribution in [0.4, 0.5) is 0 Å². The normalized spacial score (nSPS) is 14.5. The van der Waals surface area contributed by atoms with E-state index in [-0.39, 0.29) is 12.8 Å². The Morgan fingerprint density at radius 3 is 2.34 bits per heavy atom. The first-order valence-electron chi connectivity index (χ1n) is 11.4. The maximum absolute atomic E-state index is 13.0. The Morgan fingerprint density at radius 2 is 1.69 bits per heavy atom. The van der Waals surface area contributed by atoms with Crippen LogP contribution in [-0.4, -0.2) is 76.2 Å². The maximum atomic E-state index is 13.0. The number of aromatic amines is 1. The average Bonchev–Trinajstić information content (AvgIpc) is 3.24. The quantitative estimate of drug-likeness (QED) is 0.149. The van der Waals surface area contributed by atoms with Crippen molar-refractivity contribution in [3.05, 3.63) is 36.0 Å². The highest BCUT2D eigenvalue weighted by Crippen LogP contribution is 2.19. The molecule has 2 rings (SSSR count). The molecule has 12 nitrogen and oxygen atoms in total. The molecule has 35 heavy (non-hydrogen) atoms. The van der Waals surface area contributed by atoms with Crippen LogP contribution in [0.25, 0.3) is 10.9 Å². The lowest BCUT2D eigenvalue weighted by Gasteiger charge is -2.23. The van der Waals surface area contributed by atoms with Gasteiger partial charge in [-0.25, -0.2) is 4.79 Å². The van der Waals surface area contributed by atoms with Gasteiger partial charge in [0, 0.05) is 23.5 Å². The van der Waals surface area contributed by atoms with Crippen LogP contribution in [0.3, 0.4) is 0 Å². The molecule has 0 saturated heterocycles. The minimum absolute atomic E-state index is 0.0417. The number of hydrogen-bond donors (Lipinski definition) is 8. The van der Waals surface area contributed by atoms with Crippen LogP contribution in [0.1, 0.15) is 31.7 Å². The number of hydrogen-bond acceptors (Lipinski definition) is 7. The predicted octanol–water partition coefficient (Wildman–Crippen LogP) is -1.28. The van der Waals surface area contributed by atoms with Crippen LogP contribution in [0, 0.1) is 0 Å². The molecule has 3 amide bonds. The van der Waals surface area contributed by atoms with E-state index in [0.29, 0.717) is 19.4 Å². The SMILES string of the molecule is CC(NC(=O)C(N)CO)C(=O)NC(CCCCN)C(=O)NC(Cc1c[nH]c2ccccc12)C(=O)O. The molecular weight excluding hydrogens is 456 g/mol. The number of rotatable bonds is 14. The van der Waals surface area contributed by atoms with E-state index < -0.39 is 54.5 Å². The summed E-state index contributed by atoms with van der Waals surface area (Å²) >= 11 is 0. The summed E-state index contributed by atoms with van der Waals surface area (Å²) in [6.45, 7) is 1.21. The van der Waals surface area contributed by atoms with Gasteiger partial charge in [-0.05, 0) is 44.4 Å². The van der Waals surface area contributed by atoms with Crippen molar-refractivity contribution in [2.45, 2.75) is 56.8 Å². The van der Waals surface area contributed by atoms with Crippen LogP contribution < -0.4 is 27.4 Å². The second kappa shape index (κ2) is 13.4. The molecule has 1 aromatic carbocycles. The Kier molecular flexibility index (Phi) is 10.6. The number of carboxylic acids is 1. The smallest absolute Gasteiger partial charge is 0.326 e. The number of carbonyl (C=O) groups is 4. The van der Waals surface area contributed by atoms with Gasteiger partial charge in [0.05, 0.1) is 6.61 Å². The van der Waals surface area contributed by atoms with Crippen molar-refractivity contribution in [1.82, 2.24) is 20.9 Å². The van der Waals surface area contributed by atoms with Gasteiger partial charge in [0.1, 0.15) is 24.2 Å². The van der Waals surface area contributed by atoms with Crippen LogP contribution in [-0.2, 0) is 25.6 Å². The zero-order valence-corrected chi connectivity index (χ0v) is 19.6. The van der Waals surface area contributed by atoms with Gasteiger partial charge in [0.15, 0.2) is 0 Å². The summed E-state index contributed by atoms with van der Waals surface area (Å²) in [5.74, 6) is -3.24. The Hall–Kier alpha value is -3.48. The Morgan fingerprint density at radius 1 is 1.00 bits per heavy atom. The van der Waals surface area contributed by atoms with E-state index in [2.05, 4.69) is 20.9 Å². The number of aromatic nitrogens is 1. The van der Waals surface area contributed by atoms with Crippen LogP contribution >= 0.6 is 0 Å². The molecule has 0 aliphatic heterocycles. The minimum atomic E-state index is -1.23. The highest BCUT2D eigenvalue weighted by molar-refractivity contribution is 5.94. The van der Waals surface area contributed by atoms with Gasteiger partial charge >= 0.3 is 5.97 Å². The number of fused-ring (bicyclic) bond motifs is 1. The number of aliphatic hydroxyl groups is 1. The van der Waals surface area contributed by atoms with E-state index in [4.69, 9.17) is 16.6 Å². The summed E-state index contributed by atoms with van der Waals surface area (Å²) in [6.07, 6.45) is 3.10. The van der Waals surface area contributed by atoms with Gasteiger partial charge in [-0.1, -0.05) is 18.2 Å². The number of carbonyl (C=O) groups excluding carboxylic acids is 3. The Balaban J connectivity index is 2.10. The van der Waals surface area contributed by atoms with Crippen LogP contribution in [0.5, 0.6) is 0 Å². The summed E-state index contributed by atoms with van der Waals surface area (Å²) < 4.78 is 0. The number of para-hydroxylation sites is 1. The topological polar surface area (TPSA) is 213 Å². The molecule has 0 aliphatic rings. The second-order valence-electron chi connectivity index (χ2n) is 8.33. The standard InChI is InChI=1S/C23H34N6O6/c1-13(27-21(32)16(25)12-30)20(31)28-18(8-4-5-9-24)22(33)29-19(23(34)35)10-14-11-26-17-7-3-2-6-15(14)17/h2-3,6-7,11,13,16,18-19,26,30H,4-5,8-10,12,24-25H2,1H3,(H,27,32)(H,28,31)(H,29,33)(H,34,35). The lowest BCUT2D eigenvalue weighted by atomic mass is 10.0. The van der Waals surface area contributed by atoms with Gasteiger partial charge < -0.3 is 42.6 Å². The largest absolute Gasteiger partial charge is 0.480 e. The van der Waals surface area contributed by atoms with E-state index >= 15 is 0 Å². The number of H-pyrrole nitrogens is 1. The molecule has 4 unspecified atom stereocenters. The maximum Gasteiger partial charge on any atom is 0.326 e. The fraction of sp³-hybridized carbons (Fsp3) is 0.478. The zero-order chi connectivity index (χ0) is 26.0. The fourth-order valence-electron chi connectivity index (χ4n) is 3.52. The average molecular weight is 491 g/mol. The lowest BCUT2D eigenvalue weighted by molar-refractivity contribution is -0.142. The number of benzene rings is 1. The second-order valence-corrected chi connectivity index (χ2v) is 8.33. The molecular formula is C23H34N6O6. The monoisotopic (exact) mass is 490 g/mol. The summed E-state index contributed by atoms with van der Waals surface area (Å²) in [5.41, 5.74) is 12.6. The molecule has 0 spiro atoms.